The molecule has 1 aromatic rings. The van der Waals surface area contributed by atoms with E-state index in [0.29, 0.717) is 12.2 Å². The highest BCUT2D eigenvalue weighted by Crippen LogP contribution is 2.21. The van der Waals surface area contributed by atoms with Crippen LogP contribution in [-0.4, -0.2) is 26.0 Å². The van der Waals surface area contributed by atoms with Gasteiger partial charge in [-0.25, -0.2) is 4.98 Å². The summed E-state index contributed by atoms with van der Waals surface area (Å²) < 4.78 is 5.30. The second-order valence-electron chi connectivity index (χ2n) is 2.36. The lowest BCUT2D eigenvalue weighted by atomic mass is 10.0. The van der Waals surface area contributed by atoms with Gasteiger partial charge in [-0.1, -0.05) is 0 Å². The van der Waals surface area contributed by atoms with Crippen LogP contribution in [0, 0.1) is 0 Å². The third-order valence-corrected chi connectivity index (χ3v) is 1.53. The molecule has 0 unspecified atom stereocenters. The maximum Gasteiger partial charge on any atom is 0.168 e. The number of hydrogen-bond donors (Lipinski definition) is 1. The smallest absolute Gasteiger partial charge is 0.168 e. The highest BCUT2D eigenvalue weighted by Gasteiger charge is 2.08. The number of hydrogen-bond acceptors (Lipinski definition) is 3. The Bertz CT molecular complexity index is 277. The average molecular weight is 146 g/mol. The first-order chi connectivity index (χ1) is 5.36. The van der Waals surface area contributed by atoms with Gasteiger partial charge in [0.25, 0.3) is 0 Å². The Labute approximate surface area is 66.2 Å². The van der Waals surface area contributed by atoms with Crippen LogP contribution in [-0.2, 0) is 0 Å². The molecule has 2 rings (SSSR count). The number of anilines is 1. The minimum absolute atomic E-state index is 0.516. The quantitative estimate of drug-likeness (QED) is 0.509. The number of nitrogens with zero attached hydrogens (tertiary/aromatic N) is 1. The van der Waals surface area contributed by atoms with Crippen LogP contribution in [0.2, 0.25) is 0 Å². The lowest BCUT2D eigenvalue weighted by molar-refractivity contribution is 0.321. The molecule has 0 aromatic carbocycles. The van der Waals surface area contributed by atoms with Gasteiger partial charge in [0.1, 0.15) is 14.5 Å². The standard InChI is InChI=1S/C7H7BN2O/c8-6-2-1-5-7(10-6)9-3-4-11-5/h1-2H,3-4H2,(H,9,10). The fraction of sp³-hybridized carbons (Fsp3) is 0.286. The highest BCUT2D eigenvalue weighted by molar-refractivity contribution is 6.30. The normalized spacial score (nSPS) is 14.5. The molecule has 1 aliphatic heterocycles. The van der Waals surface area contributed by atoms with E-state index in [2.05, 4.69) is 10.3 Å². The summed E-state index contributed by atoms with van der Waals surface area (Å²) in [5.41, 5.74) is 0.516. The van der Waals surface area contributed by atoms with Crippen LogP contribution in [0.5, 0.6) is 5.75 Å². The molecule has 0 fully saturated rings. The summed E-state index contributed by atoms with van der Waals surface area (Å²) in [6.07, 6.45) is 0. The van der Waals surface area contributed by atoms with Gasteiger partial charge in [-0.3, -0.25) is 0 Å². The summed E-state index contributed by atoms with van der Waals surface area (Å²) in [6.45, 7) is 1.49. The number of fused-ring (bicyclic) bond motifs is 1. The van der Waals surface area contributed by atoms with Crippen molar-refractivity contribution in [2.45, 2.75) is 0 Å². The zero-order valence-electron chi connectivity index (χ0n) is 6.00. The largest absolute Gasteiger partial charge is 0.488 e. The van der Waals surface area contributed by atoms with E-state index in [0.717, 1.165) is 18.1 Å². The molecular formula is C7H7BN2O. The van der Waals surface area contributed by atoms with Crippen LogP contribution in [0.3, 0.4) is 0 Å². The second kappa shape index (κ2) is 2.45. The molecule has 1 aromatic heterocycles. The van der Waals surface area contributed by atoms with E-state index in [-0.39, 0.29) is 0 Å². The molecule has 54 valence electrons. The third-order valence-electron chi connectivity index (χ3n) is 1.53. The topological polar surface area (TPSA) is 34.2 Å². The SMILES string of the molecule is [B]c1ccc2c(n1)NCCO2. The molecule has 0 spiro atoms. The van der Waals surface area contributed by atoms with Crippen molar-refractivity contribution in [3.63, 3.8) is 0 Å². The lowest BCUT2D eigenvalue weighted by Gasteiger charge is -2.17. The predicted molar refractivity (Wildman–Crippen MR) is 43.6 cm³/mol. The fourth-order valence-corrected chi connectivity index (χ4v) is 1.04. The van der Waals surface area contributed by atoms with Crippen molar-refractivity contribution >= 4 is 19.3 Å². The number of pyridine rings is 1. The first-order valence-electron chi connectivity index (χ1n) is 3.49. The number of nitrogens with one attached hydrogen (secondary N) is 1. The molecule has 1 N–H and O–H groups in total. The molecule has 0 saturated heterocycles. The van der Waals surface area contributed by atoms with Gasteiger partial charge >= 0.3 is 0 Å². The van der Waals surface area contributed by atoms with E-state index in [1.807, 2.05) is 6.07 Å². The Morgan fingerprint density at radius 1 is 1.55 bits per heavy atom. The Morgan fingerprint density at radius 2 is 2.45 bits per heavy atom. The molecule has 4 heteroatoms. The molecule has 0 saturated carbocycles. The van der Waals surface area contributed by atoms with Gasteiger partial charge < -0.3 is 10.1 Å². The van der Waals surface area contributed by atoms with E-state index in [4.69, 9.17) is 12.6 Å². The third kappa shape index (κ3) is 1.16. The van der Waals surface area contributed by atoms with Gasteiger partial charge in [-0.05, 0) is 17.7 Å². The Morgan fingerprint density at radius 3 is 3.36 bits per heavy atom. The van der Waals surface area contributed by atoms with Gasteiger partial charge in [0.2, 0.25) is 0 Å². The van der Waals surface area contributed by atoms with Gasteiger partial charge in [0.05, 0.1) is 6.54 Å². The van der Waals surface area contributed by atoms with Crippen LogP contribution in [0.4, 0.5) is 5.82 Å². The molecule has 0 amide bonds. The number of ether oxygens (including phenoxy) is 1. The molecule has 3 nitrogen and oxygen atoms in total. The second-order valence-corrected chi connectivity index (χ2v) is 2.36. The minimum atomic E-state index is 0.516. The van der Waals surface area contributed by atoms with Crippen molar-refractivity contribution in [1.29, 1.82) is 0 Å². The Hall–Kier alpha value is -1.19. The molecule has 0 aliphatic carbocycles. The van der Waals surface area contributed by atoms with Crippen LogP contribution >= 0.6 is 0 Å². The van der Waals surface area contributed by atoms with Gasteiger partial charge in [0.15, 0.2) is 11.6 Å². The maximum atomic E-state index is 5.48. The average Bonchev–Trinajstić information content (AvgIpc) is 2.04. The molecular weight excluding hydrogens is 139 g/mol. The van der Waals surface area contributed by atoms with Crippen molar-refractivity contribution in [2.75, 3.05) is 18.5 Å². The van der Waals surface area contributed by atoms with E-state index in [1.165, 1.54) is 0 Å². The fourth-order valence-electron chi connectivity index (χ4n) is 1.04. The van der Waals surface area contributed by atoms with Crippen LogP contribution < -0.4 is 15.6 Å². The van der Waals surface area contributed by atoms with Crippen molar-refractivity contribution < 1.29 is 4.74 Å². The van der Waals surface area contributed by atoms with E-state index < -0.39 is 0 Å². The summed E-state index contributed by atoms with van der Waals surface area (Å²) in [4.78, 5) is 4.06. The first-order valence-corrected chi connectivity index (χ1v) is 3.49. The zero-order valence-corrected chi connectivity index (χ0v) is 6.00. The van der Waals surface area contributed by atoms with E-state index >= 15 is 0 Å². The molecule has 1 aliphatic rings. The molecule has 0 atom stereocenters. The van der Waals surface area contributed by atoms with Crippen molar-refractivity contribution in [3.05, 3.63) is 12.1 Å². The van der Waals surface area contributed by atoms with Crippen LogP contribution in [0.1, 0.15) is 0 Å². The zero-order chi connectivity index (χ0) is 7.68. The van der Waals surface area contributed by atoms with E-state index in [9.17, 15) is 0 Å². The summed E-state index contributed by atoms with van der Waals surface area (Å²) in [5, 5.41) is 3.09. The van der Waals surface area contributed by atoms with Gasteiger partial charge in [0, 0.05) is 0 Å². The predicted octanol–water partition coefficient (Wildman–Crippen LogP) is -0.320. The molecule has 2 radical (unpaired) electrons. The molecule has 2 heterocycles. The highest BCUT2D eigenvalue weighted by atomic mass is 16.5. The summed E-state index contributed by atoms with van der Waals surface area (Å²) in [7, 11) is 5.48. The van der Waals surface area contributed by atoms with Crippen LogP contribution in [0.25, 0.3) is 0 Å². The number of rotatable bonds is 0. The van der Waals surface area contributed by atoms with Gasteiger partial charge in [-0.15, -0.1) is 0 Å². The summed E-state index contributed by atoms with van der Waals surface area (Å²) >= 11 is 0. The summed E-state index contributed by atoms with van der Waals surface area (Å²) in [6, 6.07) is 3.55. The summed E-state index contributed by atoms with van der Waals surface area (Å²) in [5.74, 6) is 1.53. The first kappa shape index (κ1) is 6.52. The van der Waals surface area contributed by atoms with E-state index in [1.54, 1.807) is 6.07 Å². The minimum Gasteiger partial charge on any atom is -0.488 e. The van der Waals surface area contributed by atoms with Crippen molar-refractivity contribution in [2.24, 2.45) is 0 Å². The Kier molecular flexibility index (Phi) is 1.45. The lowest BCUT2D eigenvalue weighted by Crippen LogP contribution is -2.22. The Balaban J connectivity index is 2.43. The number of aromatic nitrogens is 1. The van der Waals surface area contributed by atoms with Crippen molar-refractivity contribution in [3.8, 4) is 5.75 Å². The van der Waals surface area contributed by atoms with Gasteiger partial charge in [-0.2, -0.15) is 0 Å². The monoisotopic (exact) mass is 146 g/mol. The van der Waals surface area contributed by atoms with Crippen LogP contribution in [0.15, 0.2) is 12.1 Å². The molecule has 0 bridgehead atoms. The molecule has 11 heavy (non-hydrogen) atoms. The maximum absolute atomic E-state index is 5.48. The van der Waals surface area contributed by atoms with Crippen molar-refractivity contribution in [1.82, 2.24) is 4.98 Å².